The molecule has 25 heavy (non-hydrogen) atoms. The third-order valence-corrected chi connectivity index (χ3v) is 5.65. The Morgan fingerprint density at radius 1 is 0.600 bits per heavy atom. The van der Waals surface area contributed by atoms with Crippen LogP contribution in [0.5, 0.6) is 0 Å². The molecule has 4 rings (SSSR count). The average Bonchev–Trinajstić information content (AvgIpc) is 2.86. The van der Waals surface area contributed by atoms with Crippen molar-refractivity contribution in [3.8, 4) is 0 Å². The summed E-state index contributed by atoms with van der Waals surface area (Å²) in [6, 6.07) is 24.0. The largest absolute Gasteiger partial charge is 0.274 e. The van der Waals surface area contributed by atoms with Gasteiger partial charge < -0.3 is 0 Å². The number of anilines is 2. The van der Waals surface area contributed by atoms with E-state index in [2.05, 4.69) is 31.9 Å². The molecule has 0 atom stereocenters. The van der Waals surface area contributed by atoms with Crippen molar-refractivity contribution in [1.29, 1.82) is 0 Å². The van der Waals surface area contributed by atoms with Crippen molar-refractivity contribution >= 4 is 43.2 Å². The second-order valence-electron chi connectivity index (χ2n) is 5.91. The van der Waals surface area contributed by atoms with Crippen molar-refractivity contribution in [2.24, 2.45) is 11.7 Å². The Kier molecular flexibility index (Phi) is 4.08. The highest BCUT2D eigenvalue weighted by Gasteiger charge is 2.50. The summed E-state index contributed by atoms with van der Waals surface area (Å²) < 4.78 is 2.01. The molecule has 0 unspecified atom stereocenters. The molecule has 0 aliphatic carbocycles. The van der Waals surface area contributed by atoms with E-state index in [0.29, 0.717) is 0 Å². The fourth-order valence-electron chi connectivity index (χ4n) is 3.42. The number of rotatable bonds is 2. The lowest BCUT2D eigenvalue weighted by Crippen LogP contribution is -2.60. The Morgan fingerprint density at radius 2 is 0.960 bits per heavy atom. The molecule has 0 spiro atoms. The lowest BCUT2D eigenvalue weighted by molar-refractivity contribution is 0.481. The fourth-order valence-corrected chi connectivity index (χ4v) is 3.95. The maximum absolute atomic E-state index is 6.64. The van der Waals surface area contributed by atoms with Crippen LogP contribution in [0.4, 0.5) is 11.4 Å². The first kappa shape index (κ1) is 16.6. The van der Waals surface area contributed by atoms with Crippen LogP contribution in [0, 0.1) is 0 Å². The SMILES string of the molecule is NN1c2ccccc2N(N)C1(c1ccc(Br)cc1)c1ccc(Br)cc1. The molecule has 0 bridgehead atoms. The van der Waals surface area contributed by atoms with Crippen LogP contribution in [0.2, 0.25) is 0 Å². The van der Waals surface area contributed by atoms with Crippen LogP contribution >= 0.6 is 31.9 Å². The lowest BCUT2D eigenvalue weighted by atomic mass is 9.90. The van der Waals surface area contributed by atoms with E-state index in [1.807, 2.05) is 72.8 Å². The molecule has 6 heteroatoms. The summed E-state index contributed by atoms with van der Waals surface area (Å²) in [5.41, 5.74) is 2.91. The Bertz CT molecular complexity index is 833. The van der Waals surface area contributed by atoms with Crippen molar-refractivity contribution in [3.05, 3.63) is 92.9 Å². The summed E-state index contributed by atoms with van der Waals surface area (Å²) in [5, 5.41) is 3.49. The maximum atomic E-state index is 6.64. The monoisotopic (exact) mass is 458 g/mol. The van der Waals surface area contributed by atoms with Gasteiger partial charge in [0.15, 0.2) is 5.66 Å². The van der Waals surface area contributed by atoms with Gasteiger partial charge in [-0.15, -0.1) is 0 Å². The van der Waals surface area contributed by atoms with Crippen LogP contribution in [0.3, 0.4) is 0 Å². The smallest absolute Gasteiger partial charge is 0.193 e. The van der Waals surface area contributed by atoms with Gasteiger partial charge in [0.25, 0.3) is 0 Å². The standard InChI is InChI=1S/C19H16Br2N4/c20-15-9-5-13(6-10-15)19(14-7-11-16(21)12-8-14)24(22)17-3-1-2-4-18(17)25(19)23/h1-12H,22-23H2. The maximum Gasteiger partial charge on any atom is 0.193 e. The van der Waals surface area contributed by atoms with Crippen molar-refractivity contribution in [2.75, 3.05) is 10.0 Å². The number of benzene rings is 3. The van der Waals surface area contributed by atoms with Crippen LogP contribution in [-0.4, -0.2) is 0 Å². The first-order valence-electron chi connectivity index (χ1n) is 7.76. The van der Waals surface area contributed by atoms with Gasteiger partial charge in [0.2, 0.25) is 0 Å². The van der Waals surface area contributed by atoms with Gasteiger partial charge in [0.05, 0.1) is 11.4 Å². The van der Waals surface area contributed by atoms with E-state index in [1.54, 1.807) is 10.0 Å². The second kappa shape index (κ2) is 6.14. The predicted molar refractivity (Wildman–Crippen MR) is 109 cm³/mol. The second-order valence-corrected chi connectivity index (χ2v) is 7.75. The predicted octanol–water partition coefficient (Wildman–Crippen LogP) is 4.49. The molecule has 0 aromatic heterocycles. The summed E-state index contributed by atoms with van der Waals surface area (Å²) in [6.45, 7) is 0. The Hall–Kier alpha value is -1.86. The third-order valence-electron chi connectivity index (χ3n) is 4.59. The first-order valence-corrected chi connectivity index (χ1v) is 9.34. The Labute approximate surface area is 163 Å². The first-order chi connectivity index (χ1) is 12.0. The zero-order chi connectivity index (χ0) is 17.6. The molecule has 4 N–H and O–H groups in total. The van der Waals surface area contributed by atoms with Crippen molar-refractivity contribution in [2.45, 2.75) is 5.66 Å². The quantitative estimate of drug-likeness (QED) is 0.554. The molecule has 0 saturated heterocycles. The minimum atomic E-state index is -0.828. The van der Waals surface area contributed by atoms with Crippen LogP contribution in [0.25, 0.3) is 0 Å². The highest BCUT2D eigenvalue weighted by atomic mass is 79.9. The molecule has 4 nitrogen and oxygen atoms in total. The molecule has 3 aromatic carbocycles. The van der Waals surface area contributed by atoms with Crippen molar-refractivity contribution in [1.82, 2.24) is 0 Å². The van der Waals surface area contributed by atoms with Gasteiger partial charge in [0, 0.05) is 20.1 Å². The number of fused-ring (bicyclic) bond motifs is 1. The van der Waals surface area contributed by atoms with Crippen LogP contribution in [-0.2, 0) is 5.66 Å². The highest BCUT2D eigenvalue weighted by molar-refractivity contribution is 9.10. The summed E-state index contributed by atoms with van der Waals surface area (Å²) in [7, 11) is 0. The molecule has 1 aliphatic heterocycles. The number of hydrogen-bond acceptors (Lipinski definition) is 4. The van der Waals surface area contributed by atoms with E-state index in [-0.39, 0.29) is 0 Å². The zero-order valence-corrected chi connectivity index (χ0v) is 16.4. The number of hydrogen-bond donors (Lipinski definition) is 2. The summed E-state index contributed by atoms with van der Waals surface area (Å²) in [4.78, 5) is 0. The normalized spacial score (nSPS) is 15.4. The number of halogens is 2. The topological polar surface area (TPSA) is 58.5 Å². The van der Waals surface area contributed by atoms with E-state index in [0.717, 1.165) is 31.4 Å². The Morgan fingerprint density at radius 3 is 1.32 bits per heavy atom. The van der Waals surface area contributed by atoms with Gasteiger partial charge in [0.1, 0.15) is 0 Å². The van der Waals surface area contributed by atoms with E-state index in [4.69, 9.17) is 11.7 Å². The molecule has 0 radical (unpaired) electrons. The van der Waals surface area contributed by atoms with E-state index >= 15 is 0 Å². The summed E-state index contributed by atoms with van der Waals surface area (Å²) in [5.74, 6) is 13.3. The third kappa shape index (κ3) is 2.40. The molecule has 0 saturated carbocycles. The number of nitrogens with zero attached hydrogens (tertiary/aromatic N) is 2. The molecule has 1 aliphatic rings. The van der Waals surface area contributed by atoms with Gasteiger partial charge in [-0.2, -0.15) is 0 Å². The molecule has 3 aromatic rings. The molecular weight excluding hydrogens is 444 g/mol. The van der Waals surface area contributed by atoms with Gasteiger partial charge in [-0.3, -0.25) is 10.0 Å². The van der Waals surface area contributed by atoms with Crippen molar-refractivity contribution < 1.29 is 0 Å². The van der Waals surface area contributed by atoms with Crippen LogP contribution < -0.4 is 21.7 Å². The zero-order valence-electron chi connectivity index (χ0n) is 13.2. The molecular formula is C19H16Br2N4. The molecule has 0 fully saturated rings. The lowest BCUT2D eigenvalue weighted by Gasteiger charge is -2.42. The number of hydrazine groups is 2. The van der Waals surface area contributed by atoms with Gasteiger partial charge in [-0.05, 0) is 36.4 Å². The molecule has 126 valence electrons. The number of para-hydroxylation sites is 2. The Balaban J connectivity index is 2.01. The summed E-state index contributed by atoms with van der Waals surface area (Å²) in [6.07, 6.45) is 0. The van der Waals surface area contributed by atoms with Gasteiger partial charge >= 0.3 is 0 Å². The molecule has 1 heterocycles. The van der Waals surface area contributed by atoms with Gasteiger partial charge in [-0.1, -0.05) is 68.3 Å². The molecule has 0 amide bonds. The minimum absolute atomic E-state index is 0.828. The van der Waals surface area contributed by atoms with Crippen LogP contribution in [0.15, 0.2) is 81.7 Å². The van der Waals surface area contributed by atoms with E-state index in [9.17, 15) is 0 Å². The van der Waals surface area contributed by atoms with Crippen molar-refractivity contribution in [3.63, 3.8) is 0 Å². The highest BCUT2D eigenvalue weighted by Crippen LogP contribution is 2.50. The average molecular weight is 460 g/mol. The van der Waals surface area contributed by atoms with E-state index < -0.39 is 5.66 Å². The summed E-state index contributed by atoms with van der Waals surface area (Å²) >= 11 is 7.00. The minimum Gasteiger partial charge on any atom is -0.274 e. The van der Waals surface area contributed by atoms with E-state index in [1.165, 1.54) is 0 Å². The number of nitrogens with two attached hydrogens (primary N) is 2. The van der Waals surface area contributed by atoms with Crippen LogP contribution in [0.1, 0.15) is 11.1 Å². The fraction of sp³-hybridized carbons (Fsp3) is 0.0526. The van der Waals surface area contributed by atoms with Gasteiger partial charge in [-0.25, -0.2) is 11.7 Å².